The summed E-state index contributed by atoms with van der Waals surface area (Å²) in [7, 11) is 0. The molecule has 0 radical (unpaired) electrons. The summed E-state index contributed by atoms with van der Waals surface area (Å²) in [5.74, 6) is 0.873. The fourth-order valence-corrected chi connectivity index (χ4v) is 3.51. The highest BCUT2D eigenvalue weighted by Crippen LogP contribution is 2.20. The summed E-state index contributed by atoms with van der Waals surface area (Å²) in [5, 5.41) is 0. The Morgan fingerprint density at radius 3 is 2.64 bits per heavy atom. The summed E-state index contributed by atoms with van der Waals surface area (Å²) in [4.78, 5) is 16.8. The van der Waals surface area contributed by atoms with Crippen molar-refractivity contribution in [2.75, 3.05) is 52.5 Å². The van der Waals surface area contributed by atoms with E-state index in [1.807, 2.05) is 4.90 Å². The number of carbonyl (C=O) groups is 1. The number of ether oxygens (including phenoxy) is 2. The van der Waals surface area contributed by atoms with Crippen LogP contribution in [0.2, 0.25) is 0 Å². The molecule has 3 rings (SSSR count). The van der Waals surface area contributed by atoms with Crippen molar-refractivity contribution >= 4 is 5.91 Å². The third-order valence-electron chi connectivity index (χ3n) is 5.00. The summed E-state index contributed by atoms with van der Waals surface area (Å²) in [6.45, 7) is 6.41. The lowest BCUT2D eigenvalue weighted by atomic mass is 10.00. The lowest BCUT2D eigenvalue weighted by Gasteiger charge is -2.30. The molecule has 1 amide bonds. The lowest BCUT2D eigenvalue weighted by Crippen LogP contribution is -2.39. The number of carbonyl (C=O) groups excluding carboxylic acids is 1. The summed E-state index contributed by atoms with van der Waals surface area (Å²) in [6, 6.07) is 5.76. The van der Waals surface area contributed by atoms with Crippen LogP contribution in [0.4, 0.5) is 4.39 Å². The second kappa shape index (κ2) is 9.15. The third kappa shape index (κ3) is 5.68. The van der Waals surface area contributed by atoms with Gasteiger partial charge < -0.3 is 14.4 Å². The lowest BCUT2D eigenvalue weighted by molar-refractivity contribution is -0.133. The Hall–Kier alpha value is -1.66. The van der Waals surface area contributed by atoms with Crippen molar-refractivity contribution in [3.63, 3.8) is 0 Å². The molecule has 138 valence electrons. The molecule has 6 heteroatoms. The molecule has 1 aromatic carbocycles. The molecule has 1 atom stereocenters. The molecule has 2 aliphatic rings. The topological polar surface area (TPSA) is 42.0 Å². The fraction of sp³-hybridized carbons (Fsp3) is 0.632. The van der Waals surface area contributed by atoms with Gasteiger partial charge in [-0.05, 0) is 49.4 Å². The minimum absolute atomic E-state index is 0.0105. The monoisotopic (exact) mass is 350 g/mol. The van der Waals surface area contributed by atoms with E-state index in [1.54, 1.807) is 12.1 Å². The Morgan fingerprint density at radius 2 is 1.88 bits per heavy atom. The molecule has 0 N–H and O–H groups in total. The smallest absolute Gasteiger partial charge is 0.260 e. The van der Waals surface area contributed by atoms with Crippen LogP contribution < -0.4 is 4.74 Å². The van der Waals surface area contributed by atoms with Gasteiger partial charge in [-0.15, -0.1) is 0 Å². The van der Waals surface area contributed by atoms with Gasteiger partial charge in [0.05, 0.1) is 13.2 Å². The van der Waals surface area contributed by atoms with Crippen LogP contribution in [0.1, 0.15) is 19.3 Å². The Morgan fingerprint density at radius 1 is 1.12 bits per heavy atom. The first-order chi connectivity index (χ1) is 12.2. The summed E-state index contributed by atoms with van der Waals surface area (Å²) in [5.41, 5.74) is 0. The average Bonchev–Trinajstić information content (AvgIpc) is 2.87. The highest BCUT2D eigenvalue weighted by Gasteiger charge is 2.23. The van der Waals surface area contributed by atoms with Crippen molar-refractivity contribution in [1.29, 1.82) is 0 Å². The molecule has 0 saturated carbocycles. The van der Waals surface area contributed by atoms with Crippen LogP contribution in [0, 0.1) is 11.7 Å². The highest BCUT2D eigenvalue weighted by atomic mass is 19.1. The zero-order valence-corrected chi connectivity index (χ0v) is 14.7. The molecule has 2 saturated heterocycles. The van der Waals surface area contributed by atoms with Crippen LogP contribution in [0.5, 0.6) is 5.75 Å². The molecule has 1 aromatic rings. The quantitative estimate of drug-likeness (QED) is 0.816. The van der Waals surface area contributed by atoms with E-state index in [2.05, 4.69) is 4.90 Å². The van der Waals surface area contributed by atoms with Crippen LogP contribution in [0.25, 0.3) is 0 Å². The number of hydrogen-bond donors (Lipinski definition) is 0. The number of halogens is 1. The van der Waals surface area contributed by atoms with Crippen molar-refractivity contribution in [3.05, 3.63) is 30.1 Å². The maximum atomic E-state index is 12.9. The van der Waals surface area contributed by atoms with Crippen LogP contribution in [-0.2, 0) is 9.53 Å². The van der Waals surface area contributed by atoms with Crippen molar-refractivity contribution in [2.24, 2.45) is 5.92 Å². The van der Waals surface area contributed by atoms with E-state index in [-0.39, 0.29) is 18.3 Å². The predicted octanol–water partition coefficient (Wildman–Crippen LogP) is 2.17. The van der Waals surface area contributed by atoms with Gasteiger partial charge in [-0.25, -0.2) is 4.39 Å². The molecule has 5 nitrogen and oxygen atoms in total. The van der Waals surface area contributed by atoms with Crippen LogP contribution >= 0.6 is 0 Å². The first-order valence-electron chi connectivity index (χ1n) is 9.17. The normalized spacial score (nSPS) is 22.4. The van der Waals surface area contributed by atoms with Crippen LogP contribution in [-0.4, -0.2) is 68.3 Å². The minimum Gasteiger partial charge on any atom is -0.484 e. The van der Waals surface area contributed by atoms with Crippen LogP contribution in [0.15, 0.2) is 24.3 Å². The van der Waals surface area contributed by atoms with Gasteiger partial charge in [-0.2, -0.15) is 0 Å². The second-order valence-electron chi connectivity index (χ2n) is 6.83. The van der Waals surface area contributed by atoms with Gasteiger partial charge in [0, 0.05) is 32.7 Å². The van der Waals surface area contributed by atoms with E-state index < -0.39 is 0 Å². The Bertz CT molecular complexity index is 546. The Labute approximate surface area is 148 Å². The average molecular weight is 350 g/mol. The van der Waals surface area contributed by atoms with Crippen LogP contribution in [0.3, 0.4) is 0 Å². The molecular formula is C19H27FN2O3. The van der Waals surface area contributed by atoms with E-state index in [1.165, 1.54) is 18.6 Å². The van der Waals surface area contributed by atoms with Gasteiger partial charge in [-0.3, -0.25) is 9.69 Å². The predicted molar refractivity (Wildman–Crippen MR) is 93.1 cm³/mol. The van der Waals surface area contributed by atoms with E-state index in [4.69, 9.17) is 9.47 Å². The molecule has 0 bridgehead atoms. The van der Waals surface area contributed by atoms with Crippen molar-refractivity contribution < 1.29 is 18.7 Å². The minimum atomic E-state index is -0.308. The third-order valence-corrected chi connectivity index (χ3v) is 5.00. The van der Waals surface area contributed by atoms with Crippen molar-refractivity contribution in [2.45, 2.75) is 19.3 Å². The SMILES string of the molecule is O=C(COc1ccc(F)cc1)N1CCCC(CN2CCOCC2)CC1. The number of morpholine rings is 1. The zero-order valence-electron chi connectivity index (χ0n) is 14.7. The molecule has 0 aliphatic carbocycles. The molecule has 0 spiro atoms. The van der Waals surface area contributed by atoms with Crippen molar-refractivity contribution in [3.8, 4) is 5.75 Å². The summed E-state index contributed by atoms with van der Waals surface area (Å²) >= 11 is 0. The van der Waals surface area contributed by atoms with Gasteiger partial charge in [0.1, 0.15) is 11.6 Å². The number of amides is 1. The van der Waals surface area contributed by atoms with Crippen molar-refractivity contribution in [1.82, 2.24) is 9.80 Å². The standard InChI is InChI=1S/C19H27FN2O3/c20-17-3-5-18(6-4-17)25-15-19(23)22-8-1-2-16(7-9-22)14-21-10-12-24-13-11-21/h3-6,16H,1-2,7-15H2. The zero-order chi connectivity index (χ0) is 17.5. The van der Waals surface area contributed by atoms with E-state index in [0.29, 0.717) is 11.7 Å². The van der Waals surface area contributed by atoms with Gasteiger partial charge in [0.15, 0.2) is 6.61 Å². The number of hydrogen-bond acceptors (Lipinski definition) is 4. The summed E-state index contributed by atoms with van der Waals surface area (Å²) < 4.78 is 23.8. The van der Waals surface area contributed by atoms with Gasteiger partial charge in [0.2, 0.25) is 0 Å². The Balaban J connectivity index is 1.42. The number of nitrogens with zero attached hydrogens (tertiary/aromatic N) is 2. The van der Waals surface area contributed by atoms with E-state index in [0.717, 1.165) is 58.8 Å². The number of likely N-dealkylation sites (tertiary alicyclic amines) is 1. The molecular weight excluding hydrogens is 323 g/mol. The maximum absolute atomic E-state index is 12.9. The maximum Gasteiger partial charge on any atom is 0.260 e. The second-order valence-corrected chi connectivity index (χ2v) is 6.83. The van der Waals surface area contributed by atoms with Gasteiger partial charge in [0.25, 0.3) is 5.91 Å². The van der Waals surface area contributed by atoms with E-state index in [9.17, 15) is 9.18 Å². The molecule has 2 heterocycles. The largest absolute Gasteiger partial charge is 0.484 e. The molecule has 2 aliphatic heterocycles. The number of rotatable bonds is 5. The first-order valence-corrected chi connectivity index (χ1v) is 9.17. The van der Waals surface area contributed by atoms with Gasteiger partial charge in [-0.1, -0.05) is 0 Å². The van der Waals surface area contributed by atoms with E-state index >= 15 is 0 Å². The summed E-state index contributed by atoms with van der Waals surface area (Å²) in [6.07, 6.45) is 3.25. The highest BCUT2D eigenvalue weighted by molar-refractivity contribution is 5.77. The molecule has 1 unspecified atom stereocenters. The number of benzene rings is 1. The Kier molecular flexibility index (Phi) is 6.64. The molecule has 25 heavy (non-hydrogen) atoms. The molecule has 0 aromatic heterocycles. The van der Waals surface area contributed by atoms with Gasteiger partial charge >= 0.3 is 0 Å². The first kappa shape index (κ1) is 18.1. The molecule has 2 fully saturated rings. The fourth-order valence-electron chi connectivity index (χ4n) is 3.51.